The second-order valence-corrected chi connectivity index (χ2v) is 5.65. The molecule has 0 N–H and O–H groups in total. The van der Waals surface area contributed by atoms with Crippen LogP contribution in [-0.2, 0) is 25.6 Å². The second kappa shape index (κ2) is 7.29. The number of hydrogen-bond donors (Lipinski definition) is 0. The predicted octanol–water partition coefficient (Wildman–Crippen LogP) is 2.59. The van der Waals surface area contributed by atoms with Gasteiger partial charge < -0.3 is 14.2 Å². The molecule has 0 bridgehead atoms. The molecule has 1 unspecified atom stereocenters. The van der Waals surface area contributed by atoms with Crippen molar-refractivity contribution >= 4 is 13.8 Å². The Labute approximate surface area is 133 Å². The molecule has 4 nitrogen and oxygen atoms in total. The average molecular weight is 302 g/mol. The summed E-state index contributed by atoms with van der Waals surface area (Å²) in [6.07, 6.45) is 0.533. The van der Waals surface area contributed by atoms with Crippen LogP contribution < -0.4 is 0 Å². The second-order valence-electron chi connectivity index (χ2n) is 5.65. The van der Waals surface area contributed by atoms with E-state index in [0.29, 0.717) is 6.61 Å². The summed E-state index contributed by atoms with van der Waals surface area (Å²) in [6.45, 7) is 5.87. The molecule has 0 aliphatic carbocycles. The van der Waals surface area contributed by atoms with Gasteiger partial charge in [0.25, 0.3) is 0 Å². The van der Waals surface area contributed by atoms with Gasteiger partial charge in [-0.25, -0.2) is 0 Å². The Balaban J connectivity index is 2.17. The lowest BCUT2D eigenvalue weighted by Gasteiger charge is -2.33. The maximum absolute atomic E-state index is 11.4. The van der Waals surface area contributed by atoms with Crippen molar-refractivity contribution in [3.8, 4) is 0 Å². The SMILES string of the molecule is [B][C@@H]1OC(CC)(CC)[C@H](OCc2ccccc2)C1OC(C)=O. The van der Waals surface area contributed by atoms with Crippen molar-refractivity contribution in [3.63, 3.8) is 0 Å². The number of esters is 1. The average Bonchev–Trinajstić information content (AvgIpc) is 2.78. The van der Waals surface area contributed by atoms with Gasteiger partial charge in [-0.05, 0) is 18.4 Å². The minimum Gasteiger partial charge on any atom is -0.458 e. The molecule has 0 aromatic heterocycles. The molecular formula is C17H23BO4. The summed E-state index contributed by atoms with van der Waals surface area (Å²) in [5.74, 6) is -0.375. The Hall–Kier alpha value is -1.33. The minimum absolute atomic E-state index is 0.374. The van der Waals surface area contributed by atoms with Crippen LogP contribution in [0.5, 0.6) is 0 Å². The molecule has 3 atom stereocenters. The van der Waals surface area contributed by atoms with E-state index in [2.05, 4.69) is 0 Å². The van der Waals surface area contributed by atoms with Crippen LogP contribution in [0.25, 0.3) is 0 Å². The quantitative estimate of drug-likeness (QED) is 0.598. The van der Waals surface area contributed by atoms with Crippen LogP contribution in [0, 0.1) is 0 Å². The van der Waals surface area contributed by atoms with E-state index in [0.717, 1.165) is 18.4 Å². The molecule has 0 saturated carbocycles. The summed E-state index contributed by atoms with van der Waals surface area (Å²) in [5, 5.41) is 0. The topological polar surface area (TPSA) is 44.8 Å². The van der Waals surface area contributed by atoms with Crippen molar-refractivity contribution in [1.82, 2.24) is 0 Å². The van der Waals surface area contributed by atoms with Gasteiger partial charge in [0.05, 0.1) is 18.2 Å². The van der Waals surface area contributed by atoms with Crippen LogP contribution in [0.2, 0.25) is 0 Å². The third-order valence-electron chi connectivity index (χ3n) is 4.28. The molecule has 5 heteroatoms. The fourth-order valence-corrected chi connectivity index (χ4v) is 3.02. The number of hydrogen-bond acceptors (Lipinski definition) is 4. The predicted molar refractivity (Wildman–Crippen MR) is 84.5 cm³/mol. The summed E-state index contributed by atoms with van der Waals surface area (Å²) < 4.78 is 17.4. The van der Waals surface area contributed by atoms with Gasteiger partial charge in [0.2, 0.25) is 0 Å². The van der Waals surface area contributed by atoms with E-state index in [4.69, 9.17) is 22.1 Å². The van der Waals surface area contributed by atoms with E-state index < -0.39 is 17.7 Å². The summed E-state index contributed by atoms with van der Waals surface area (Å²) in [4.78, 5) is 11.4. The summed E-state index contributed by atoms with van der Waals surface area (Å²) in [5.41, 5.74) is 0.541. The molecule has 1 aliphatic heterocycles. The van der Waals surface area contributed by atoms with Crippen LogP contribution in [0.4, 0.5) is 0 Å². The van der Waals surface area contributed by atoms with Crippen molar-refractivity contribution in [2.75, 3.05) is 0 Å². The van der Waals surface area contributed by atoms with Gasteiger partial charge in [0.15, 0.2) is 0 Å². The Kier molecular flexibility index (Phi) is 5.65. The van der Waals surface area contributed by atoms with Crippen LogP contribution in [0.15, 0.2) is 30.3 Å². The zero-order valence-electron chi connectivity index (χ0n) is 13.5. The molecule has 1 aliphatic rings. The maximum atomic E-state index is 11.4. The standard InChI is InChI=1S/C17H23BO4/c1-4-17(5-2)15(14(16(18)22-17)21-12(3)19)20-11-13-9-7-6-8-10-13/h6-10,14-16H,4-5,11H2,1-3H3/t14?,15-,16-/m1/s1. The lowest BCUT2D eigenvalue weighted by molar-refractivity contribution is -0.156. The first kappa shape index (κ1) is 17.0. The lowest BCUT2D eigenvalue weighted by atomic mass is 9.86. The van der Waals surface area contributed by atoms with Gasteiger partial charge in [-0.15, -0.1) is 0 Å². The first-order valence-corrected chi connectivity index (χ1v) is 7.78. The van der Waals surface area contributed by atoms with Gasteiger partial charge >= 0.3 is 5.97 Å². The van der Waals surface area contributed by atoms with Crippen LogP contribution in [0.3, 0.4) is 0 Å². The fraction of sp³-hybridized carbons (Fsp3) is 0.588. The van der Waals surface area contributed by atoms with E-state index in [1.54, 1.807) is 0 Å². The molecule has 1 saturated heterocycles. The highest BCUT2D eigenvalue weighted by atomic mass is 16.6. The molecule has 2 radical (unpaired) electrons. The Bertz CT molecular complexity index is 487. The smallest absolute Gasteiger partial charge is 0.303 e. The van der Waals surface area contributed by atoms with E-state index in [1.165, 1.54) is 6.92 Å². The van der Waals surface area contributed by atoms with Crippen molar-refractivity contribution < 1.29 is 19.0 Å². The highest BCUT2D eigenvalue weighted by Gasteiger charge is 2.53. The Morgan fingerprint density at radius 1 is 1.27 bits per heavy atom. The first-order valence-electron chi connectivity index (χ1n) is 7.78. The van der Waals surface area contributed by atoms with Gasteiger partial charge in [0.1, 0.15) is 20.1 Å². The molecule has 2 rings (SSSR count). The van der Waals surface area contributed by atoms with Crippen molar-refractivity contribution in [1.29, 1.82) is 0 Å². The molecule has 1 aromatic carbocycles. The maximum Gasteiger partial charge on any atom is 0.303 e. The molecule has 1 aromatic rings. The summed E-state index contributed by atoms with van der Waals surface area (Å²) in [7, 11) is 6.03. The molecule has 0 spiro atoms. The van der Waals surface area contributed by atoms with Gasteiger partial charge in [-0.3, -0.25) is 4.79 Å². The summed E-state index contributed by atoms with van der Waals surface area (Å²) >= 11 is 0. The van der Waals surface area contributed by atoms with Crippen LogP contribution >= 0.6 is 0 Å². The van der Waals surface area contributed by atoms with Gasteiger partial charge in [-0.1, -0.05) is 44.2 Å². The lowest BCUT2D eigenvalue weighted by Crippen LogP contribution is -2.45. The number of ether oxygens (including phenoxy) is 3. The van der Waals surface area contributed by atoms with E-state index in [-0.39, 0.29) is 12.1 Å². The Morgan fingerprint density at radius 3 is 2.45 bits per heavy atom. The van der Waals surface area contributed by atoms with E-state index in [1.807, 2.05) is 44.2 Å². The molecular weight excluding hydrogens is 279 g/mol. The van der Waals surface area contributed by atoms with E-state index in [9.17, 15) is 4.79 Å². The third kappa shape index (κ3) is 3.53. The number of rotatable bonds is 6. The van der Waals surface area contributed by atoms with Crippen molar-refractivity contribution in [2.45, 2.75) is 64.0 Å². The first-order chi connectivity index (χ1) is 10.5. The van der Waals surface area contributed by atoms with Gasteiger partial charge in [0, 0.05) is 6.92 Å². The Morgan fingerprint density at radius 2 is 1.91 bits per heavy atom. The highest BCUT2D eigenvalue weighted by Crippen LogP contribution is 2.39. The third-order valence-corrected chi connectivity index (χ3v) is 4.28. The molecule has 1 heterocycles. The molecule has 0 amide bonds. The fourth-order valence-electron chi connectivity index (χ4n) is 3.02. The number of benzene rings is 1. The van der Waals surface area contributed by atoms with Crippen molar-refractivity contribution in [3.05, 3.63) is 35.9 Å². The highest BCUT2D eigenvalue weighted by molar-refractivity contribution is 6.11. The monoisotopic (exact) mass is 302 g/mol. The number of carbonyl (C=O) groups is 1. The molecule has 22 heavy (non-hydrogen) atoms. The summed E-state index contributed by atoms with van der Waals surface area (Å²) in [6, 6.07) is 9.22. The van der Waals surface area contributed by atoms with Gasteiger partial charge in [-0.2, -0.15) is 0 Å². The molecule has 1 fully saturated rings. The normalized spacial score (nSPS) is 26.8. The number of carbonyl (C=O) groups excluding carboxylic acids is 1. The zero-order valence-corrected chi connectivity index (χ0v) is 13.5. The zero-order chi connectivity index (χ0) is 16.2. The van der Waals surface area contributed by atoms with Crippen LogP contribution in [-0.4, -0.2) is 37.6 Å². The van der Waals surface area contributed by atoms with E-state index >= 15 is 0 Å². The van der Waals surface area contributed by atoms with Crippen molar-refractivity contribution in [2.24, 2.45) is 0 Å². The largest absolute Gasteiger partial charge is 0.458 e. The van der Waals surface area contributed by atoms with Crippen LogP contribution in [0.1, 0.15) is 39.2 Å². The molecule has 118 valence electrons. The minimum atomic E-state index is -0.662.